The molecule has 3 atom stereocenters. The van der Waals surface area contributed by atoms with E-state index in [9.17, 15) is 13.2 Å². The molecule has 2 aromatic carbocycles. The van der Waals surface area contributed by atoms with Gasteiger partial charge in [0.05, 0.1) is 12.6 Å². The van der Waals surface area contributed by atoms with Crippen molar-refractivity contribution in [3.8, 4) is 0 Å². The van der Waals surface area contributed by atoms with Crippen LogP contribution in [-0.4, -0.2) is 60.2 Å². The summed E-state index contributed by atoms with van der Waals surface area (Å²) in [6.07, 6.45) is 0.136. The van der Waals surface area contributed by atoms with Crippen LogP contribution in [-0.2, 0) is 21.3 Å². The Morgan fingerprint density at radius 3 is 2.73 bits per heavy atom. The summed E-state index contributed by atoms with van der Waals surface area (Å²) >= 11 is 6.06. The van der Waals surface area contributed by atoms with E-state index >= 15 is 0 Å². The van der Waals surface area contributed by atoms with E-state index in [2.05, 4.69) is 5.32 Å². The molecule has 30 heavy (non-hydrogen) atoms. The van der Waals surface area contributed by atoms with Gasteiger partial charge in [-0.15, -0.1) is 0 Å². The molecule has 5 rings (SSSR count). The maximum Gasteiger partial charge on any atom is 0.322 e. The van der Waals surface area contributed by atoms with Crippen LogP contribution in [0.4, 0.5) is 10.5 Å². The Morgan fingerprint density at radius 1 is 1.17 bits per heavy atom. The molecule has 0 radical (unpaired) electrons. The highest BCUT2D eigenvalue weighted by Crippen LogP contribution is 2.47. The molecule has 3 heterocycles. The van der Waals surface area contributed by atoms with Gasteiger partial charge in [0.2, 0.25) is 10.0 Å². The number of carbonyl (C=O) groups excluding carboxylic acids is 1. The Bertz CT molecular complexity index is 1080. The van der Waals surface area contributed by atoms with Gasteiger partial charge in [0.25, 0.3) is 0 Å². The maximum absolute atomic E-state index is 13.3. The number of nitrogens with zero attached hydrogens (tertiary/aromatic N) is 2. The number of hydrogen-bond acceptors (Lipinski definition) is 4. The van der Waals surface area contributed by atoms with E-state index in [4.69, 9.17) is 16.3 Å². The number of likely N-dealkylation sites (tertiary alicyclic amines) is 1. The topological polar surface area (TPSA) is 79.0 Å². The highest BCUT2D eigenvalue weighted by atomic mass is 35.5. The standard InChI is InChI=1S/C21H22ClN3O4S/c22-16-6-4-5-15(9-16)11-25-14-21-13-24(20(26)23-17-7-2-1-3-8-17)12-18(29-21)10-19(21)30(25,27)28/h1-9,18-19H,10-14H2,(H,23,26)/t18-,19+,21+/m0/s1. The number of carbonyl (C=O) groups is 1. The average Bonchev–Trinajstić information content (AvgIpc) is 3.08. The van der Waals surface area contributed by atoms with Crippen LogP contribution in [0.5, 0.6) is 0 Å². The number of sulfonamides is 1. The van der Waals surface area contributed by atoms with Crippen LogP contribution in [0.3, 0.4) is 0 Å². The summed E-state index contributed by atoms with van der Waals surface area (Å²) in [7, 11) is -3.54. The van der Waals surface area contributed by atoms with Crippen molar-refractivity contribution in [3.63, 3.8) is 0 Å². The molecule has 3 saturated heterocycles. The number of para-hydroxylation sites is 1. The fraction of sp³-hybridized carbons (Fsp3) is 0.381. The number of morpholine rings is 1. The first-order valence-corrected chi connectivity index (χ1v) is 11.8. The number of anilines is 1. The van der Waals surface area contributed by atoms with Gasteiger partial charge < -0.3 is 15.0 Å². The van der Waals surface area contributed by atoms with Crippen molar-refractivity contribution in [2.75, 3.05) is 25.0 Å². The second kappa shape index (κ2) is 7.23. The van der Waals surface area contributed by atoms with Gasteiger partial charge in [0.15, 0.2) is 0 Å². The number of fused-ring (bicyclic) bond motifs is 1. The number of benzene rings is 2. The van der Waals surface area contributed by atoms with E-state index in [1.807, 2.05) is 42.5 Å². The van der Waals surface area contributed by atoms with Gasteiger partial charge in [0.1, 0.15) is 10.9 Å². The van der Waals surface area contributed by atoms with Crippen molar-refractivity contribution in [1.82, 2.24) is 9.21 Å². The lowest BCUT2D eigenvalue weighted by Crippen LogP contribution is -2.57. The van der Waals surface area contributed by atoms with Gasteiger partial charge in [-0.1, -0.05) is 41.9 Å². The molecule has 2 aromatic rings. The van der Waals surface area contributed by atoms with Crippen LogP contribution < -0.4 is 5.32 Å². The largest absolute Gasteiger partial charge is 0.365 e. The summed E-state index contributed by atoms with van der Waals surface area (Å²) < 4.78 is 34.2. The number of hydrogen-bond donors (Lipinski definition) is 1. The molecule has 1 N–H and O–H groups in total. The van der Waals surface area contributed by atoms with Crippen molar-refractivity contribution in [2.45, 2.75) is 29.9 Å². The summed E-state index contributed by atoms with van der Waals surface area (Å²) in [5.74, 6) is 0. The Labute approximate surface area is 180 Å². The predicted octanol–water partition coefficient (Wildman–Crippen LogP) is 2.93. The summed E-state index contributed by atoms with van der Waals surface area (Å²) in [5, 5.41) is 2.82. The lowest BCUT2D eigenvalue weighted by molar-refractivity contribution is -0.0946. The SMILES string of the molecule is O=C(Nc1ccccc1)N1C[C@@H]2C[C@@H]3[C@@](C1)(CN(Cc1cccc(Cl)c1)S3(=O)=O)O2. The quantitative estimate of drug-likeness (QED) is 0.784. The van der Waals surface area contributed by atoms with Crippen molar-refractivity contribution in [1.29, 1.82) is 0 Å². The van der Waals surface area contributed by atoms with E-state index in [1.54, 1.807) is 17.0 Å². The monoisotopic (exact) mass is 447 g/mol. The first-order chi connectivity index (χ1) is 14.4. The molecular formula is C21H22ClN3O4S. The smallest absolute Gasteiger partial charge is 0.322 e. The van der Waals surface area contributed by atoms with Crippen molar-refractivity contribution in [3.05, 3.63) is 65.2 Å². The van der Waals surface area contributed by atoms with Crippen LogP contribution in [0.25, 0.3) is 0 Å². The van der Waals surface area contributed by atoms with Crippen LogP contribution in [0.1, 0.15) is 12.0 Å². The molecule has 3 aliphatic heterocycles. The average molecular weight is 448 g/mol. The van der Waals surface area contributed by atoms with E-state index in [-0.39, 0.29) is 31.8 Å². The van der Waals surface area contributed by atoms with Gasteiger partial charge in [0, 0.05) is 30.3 Å². The molecule has 3 fully saturated rings. The number of urea groups is 1. The minimum absolute atomic E-state index is 0.234. The predicted molar refractivity (Wildman–Crippen MR) is 114 cm³/mol. The molecule has 158 valence electrons. The number of nitrogens with one attached hydrogen (secondary N) is 1. The number of halogens is 1. The Hall–Kier alpha value is -2.13. The second-order valence-electron chi connectivity index (χ2n) is 8.15. The van der Waals surface area contributed by atoms with Crippen molar-refractivity contribution < 1.29 is 17.9 Å². The third-order valence-corrected chi connectivity index (χ3v) is 8.63. The summed E-state index contributed by atoms with van der Waals surface area (Å²) in [6, 6.07) is 16.2. The molecule has 0 aromatic heterocycles. The fourth-order valence-electron chi connectivity index (χ4n) is 4.81. The third kappa shape index (κ3) is 3.37. The molecule has 1 spiro atoms. The number of amides is 2. The zero-order valence-electron chi connectivity index (χ0n) is 16.2. The van der Waals surface area contributed by atoms with Gasteiger partial charge in [-0.05, 0) is 36.2 Å². The van der Waals surface area contributed by atoms with Crippen LogP contribution in [0.15, 0.2) is 54.6 Å². The molecule has 7 nitrogen and oxygen atoms in total. The number of rotatable bonds is 3. The van der Waals surface area contributed by atoms with Gasteiger partial charge in [-0.2, -0.15) is 4.31 Å². The molecule has 3 aliphatic rings. The molecule has 0 unspecified atom stereocenters. The van der Waals surface area contributed by atoms with Crippen molar-refractivity contribution >= 4 is 33.3 Å². The fourth-order valence-corrected chi connectivity index (χ4v) is 7.31. The third-order valence-electron chi connectivity index (χ3n) is 6.07. The Balaban J connectivity index is 1.36. The summed E-state index contributed by atoms with van der Waals surface area (Å²) in [6.45, 7) is 1.11. The lowest BCUT2D eigenvalue weighted by atomic mass is 9.99. The molecule has 0 saturated carbocycles. The highest BCUT2D eigenvalue weighted by molar-refractivity contribution is 7.90. The van der Waals surface area contributed by atoms with Crippen LogP contribution >= 0.6 is 11.6 Å². The molecular weight excluding hydrogens is 426 g/mol. The zero-order chi connectivity index (χ0) is 20.9. The molecule has 2 amide bonds. The first-order valence-electron chi connectivity index (χ1n) is 9.88. The molecule has 2 bridgehead atoms. The number of ether oxygens (including phenoxy) is 1. The van der Waals surface area contributed by atoms with E-state index < -0.39 is 20.9 Å². The Kier molecular flexibility index (Phi) is 4.77. The van der Waals surface area contributed by atoms with Gasteiger partial charge in [-0.3, -0.25) is 0 Å². The van der Waals surface area contributed by atoms with Gasteiger partial charge >= 0.3 is 6.03 Å². The Morgan fingerprint density at radius 2 is 1.97 bits per heavy atom. The first kappa shape index (κ1) is 19.8. The normalized spacial score (nSPS) is 29.6. The lowest BCUT2D eigenvalue weighted by Gasteiger charge is -2.39. The zero-order valence-corrected chi connectivity index (χ0v) is 17.8. The minimum Gasteiger partial charge on any atom is -0.365 e. The summed E-state index contributed by atoms with van der Waals surface area (Å²) in [5.41, 5.74) is 0.638. The van der Waals surface area contributed by atoms with Crippen LogP contribution in [0, 0.1) is 0 Å². The summed E-state index contributed by atoms with van der Waals surface area (Å²) in [4.78, 5) is 14.5. The van der Waals surface area contributed by atoms with Crippen molar-refractivity contribution in [2.24, 2.45) is 0 Å². The van der Waals surface area contributed by atoms with Crippen LogP contribution in [0.2, 0.25) is 5.02 Å². The molecule has 0 aliphatic carbocycles. The molecule has 9 heteroatoms. The highest BCUT2D eigenvalue weighted by Gasteiger charge is 2.65. The maximum atomic E-state index is 13.3. The minimum atomic E-state index is -3.54. The second-order valence-corrected chi connectivity index (χ2v) is 10.7. The van der Waals surface area contributed by atoms with E-state index in [0.717, 1.165) is 5.56 Å². The van der Waals surface area contributed by atoms with E-state index in [0.29, 0.717) is 23.7 Å². The van der Waals surface area contributed by atoms with Gasteiger partial charge in [-0.25, -0.2) is 13.2 Å². The van der Waals surface area contributed by atoms with E-state index in [1.165, 1.54) is 4.31 Å².